The Morgan fingerprint density at radius 3 is 2.14 bits per heavy atom. The van der Waals surface area contributed by atoms with Gasteiger partial charge in [0.05, 0.1) is 10.6 Å². The maximum atomic E-state index is 14.5. The van der Waals surface area contributed by atoms with E-state index in [-0.39, 0.29) is 23.8 Å². The zero-order valence-electron chi connectivity index (χ0n) is 25.5. The molecule has 1 N–H and O–H groups in total. The molecule has 4 rings (SSSR count). The van der Waals surface area contributed by atoms with Gasteiger partial charge in [-0.2, -0.15) is 0 Å². The van der Waals surface area contributed by atoms with E-state index in [0.717, 1.165) is 26.6 Å². The number of benzene rings is 4. The number of halogens is 1. The second-order valence-corrected chi connectivity index (χ2v) is 13.1. The van der Waals surface area contributed by atoms with Crippen molar-refractivity contribution in [2.24, 2.45) is 0 Å². The van der Waals surface area contributed by atoms with E-state index in [1.165, 1.54) is 17.0 Å². The molecule has 0 bridgehead atoms. The number of likely N-dealkylation sites (N-methyl/N-ethyl adjacent to an activating group) is 1. The molecule has 0 aliphatic rings. The van der Waals surface area contributed by atoms with Gasteiger partial charge in [-0.05, 0) is 68.7 Å². The number of carbonyl (C=O) groups is 2. The Morgan fingerprint density at radius 2 is 1.48 bits per heavy atom. The highest BCUT2D eigenvalue weighted by Crippen LogP contribution is 2.31. The maximum absolute atomic E-state index is 14.5. The molecular weight excluding hydrogens is 594 g/mol. The molecule has 0 radical (unpaired) electrons. The molecule has 0 heterocycles. The molecule has 0 spiro atoms. The summed E-state index contributed by atoms with van der Waals surface area (Å²) in [5.41, 5.74) is 4.42. The average Bonchev–Trinajstić information content (AvgIpc) is 3.00. The molecule has 0 saturated heterocycles. The normalized spacial score (nSPS) is 11.9. The Balaban J connectivity index is 1.83. The minimum Gasteiger partial charge on any atom is -0.355 e. The first kappa shape index (κ1) is 32.8. The van der Waals surface area contributed by atoms with Gasteiger partial charge in [-0.1, -0.05) is 95.5 Å². The van der Waals surface area contributed by atoms with Crippen LogP contribution in [0.5, 0.6) is 0 Å². The van der Waals surface area contributed by atoms with Gasteiger partial charge in [0.15, 0.2) is 0 Å². The maximum Gasteiger partial charge on any atom is 0.264 e. The number of nitrogens with one attached hydrogen (secondary N) is 1. The van der Waals surface area contributed by atoms with Gasteiger partial charge in [0.2, 0.25) is 11.8 Å². The van der Waals surface area contributed by atoms with Gasteiger partial charge in [0.25, 0.3) is 10.0 Å². The van der Waals surface area contributed by atoms with Crippen LogP contribution in [-0.4, -0.2) is 44.3 Å². The van der Waals surface area contributed by atoms with Crippen LogP contribution < -0.4 is 9.62 Å². The summed E-state index contributed by atoms with van der Waals surface area (Å²) in [7, 11) is -4.21. The minimum atomic E-state index is -4.21. The van der Waals surface area contributed by atoms with Gasteiger partial charge in [-0.25, -0.2) is 8.42 Å². The van der Waals surface area contributed by atoms with E-state index in [2.05, 4.69) is 5.32 Å². The van der Waals surface area contributed by atoms with Crippen LogP contribution in [0.15, 0.2) is 102 Å². The summed E-state index contributed by atoms with van der Waals surface area (Å²) in [6.07, 6.45) is 0.255. The van der Waals surface area contributed by atoms with Crippen molar-refractivity contribution in [1.29, 1.82) is 0 Å². The first-order valence-corrected chi connectivity index (χ1v) is 16.3. The van der Waals surface area contributed by atoms with Gasteiger partial charge in [-0.3, -0.25) is 13.9 Å². The number of anilines is 1. The van der Waals surface area contributed by atoms with Crippen molar-refractivity contribution in [2.75, 3.05) is 17.4 Å². The Kier molecular flexibility index (Phi) is 10.8. The molecule has 4 aromatic rings. The van der Waals surface area contributed by atoms with E-state index in [1.54, 1.807) is 37.3 Å². The molecule has 9 heteroatoms. The summed E-state index contributed by atoms with van der Waals surface area (Å²) in [4.78, 5) is 29.6. The molecule has 44 heavy (non-hydrogen) atoms. The Morgan fingerprint density at radius 1 is 0.818 bits per heavy atom. The number of hydrogen-bond acceptors (Lipinski definition) is 4. The number of aryl methyl sites for hydroxylation is 2. The van der Waals surface area contributed by atoms with Gasteiger partial charge < -0.3 is 10.2 Å². The standard InChI is InChI=1S/C35H38ClN3O4S/c1-5-37-35(41)33(22-28-12-7-6-8-13-28)38(23-29-14-9-11-26(3)21-29)34(40)24-39(32-16-10-15-31(36)27(32)4)44(42,43)30-19-17-25(2)18-20-30/h6-21,33H,5,22-24H2,1-4H3,(H,37,41). The average molecular weight is 632 g/mol. The van der Waals surface area contributed by atoms with Gasteiger partial charge in [0, 0.05) is 24.5 Å². The van der Waals surface area contributed by atoms with Crippen LogP contribution in [0.4, 0.5) is 5.69 Å². The van der Waals surface area contributed by atoms with Gasteiger partial charge in [-0.15, -0.1) is 0 Å². The summed E-state index contributed by atoms with van der Waals surface area (Å²) in [6, 6.07) is 27.7. The van der Waals surface area contributed by atoms with E-state index < -0.39 is 28.5 Å². The van der Waals surface area contributed by atoms with E-state index in [0.29, 0.717) is 22.8 Å². The summed E-state index contributed by atoms with van der Waals surface area (Å²) >= 11 is 6.44. The molecule has 1 atom stereocenters. The van der Waals surface area contributed by atoms with Crippen molar-refractivity contribution in [3.05, 3.63) is 130 Å². The van der Waals surface area contributed by atoms with E-state index in [4.69, 9.17) is 11.6 Å². The SMILES string of the molecule is CCNC(=O)C(Cc1ccccc1)N(Cc1cccc(C)c1)C(=O)CN(c1cccc(Cl)c1C)S(=O)(=O)c1ccc(C)cc1. The minimum absolute atomic E-state index is 0.0464. The predicted molar refractivity (Wildman–Crippen MR) is 176 cm³/mol. The van der Waals surface area contributed by atoms with E-state index in [1.807, 2.05) is 75.4 Å². The highest BCUT2D eigenvalue weighted by molar-refractivity contribution is 7.92. The van der Waals surface area contributed by atoms with Crippen molar-refractivity contribution < 1.29 is 18.0 Å². The molecule has 2 amide bonds. The van der Waals surface area contributed by atoms with Crippen LogP contribution in [0, 0.1) is 20.8 Å². The van der Waals surface area contributed by atoms with Crippen molar-refractivity contribution >= 4 is 39.1 Å². The zero-order chi connectivity index (χ0) is 31.9. The lowest BCUT2D eigenvalue weighted by molar-refractivity contribution is -0.140. The van der Waals surface area contributed by atoms with Gasteiger partial charge >= 0.3 is 0 Å². The predicted octanol–water partition coefficient (Wildman–Crippen LogP) is 6.24. The molecular formula is C35H38ClN3O4S. The van der Waals surface area contributed by atoms with E-state index >= 15 is 0 Å². The van der Waals surface area contributed by atoms with Crippen LogP contribution in [-0.2, 0) is 32.6 Å². The quantitative estimate of drug-likeness (QED) is 0.201. The largest absolute Gasteiger partial charge is 0.355 e. The lowest BCUT2D eigenvalue weighted by atomic mass is 10.0. The van der Waals surface area contributed by atoms with Crippen LogP contribution in [0.25, 0.3) is 0 Å². The van der Waals surface area contributed by atoms with Gasteiger partial charge in [0.1, 0.15) is 12.6 Å². The lowest BCUT2D eigenvalue weighted by Crippen LogP contribution is -2.53. The van der Waals surface area contributed by atoms with E-state index in [9.17, 15) is 18.0 Å². The summed E-state index contributed by atoms with van der Waals surface area (Å²) < 4.78 is 29.5. The Hall–Kier alpha value is -4.14. The number of carbonyl (C=O) groups excluding carboxylic acids is 2. The first-order chi connectivity index (χ1) is 21.0. The first-order valence-electron chi connectivity index (χ1n) is 14.5. The highest BCUT2D eigenvalue weighted by atomic mass is 35.5. The molecule has 0 aliphatic carbocycles. The topological polar surface area (TPSA) is 86.8 Å². The second kappa shape index (κ2) is 14.6. The Bertz CT molecular complexity index is 1710. The highest BCUT2D eigenvalue weighted by Gasteiger charge is 2.35. The summed E-state index contributed by atoms with van der Waals surface area (Å²) in [5.74, 6) is -0.835. The molecule has 4 aromatic carbocycles. The zero-order valence-corrected chi connectivity index (χ0v) is 27.0. The molecule has 0 saturated carbocycles. The fourth-order valence-electron chi connectivity index (χ4n) is 5.07. The molecule has 230 valence electrons. The van der Waals surface area contributed by atoms with Crippen LogP contribution in [0.3, 0.4) is 0 Å². The number of nitrogens with zero attached hydrogens (tertiary/aromatic N) is 2. The number of hydrogen-bond donors (Lipinski definition) is 1. The monoisotopic (exact) mass is 631 g/mol. The third-order valence-electron chi connectivity index (χ3n) is 7.45. The third kappa shape index (κ3) is 7.87. The molecule has 0 fully saturated rings. The molecule has 1 unspecified atom stereocenters. The molecule has 7 nitrogen and oxygen atoms in total. The van der Waals surface area contributed by atoms with Crippen molar-refractivity contribution in [2.45, 2.75) is 51.6 Å². The van der Waals surface area contributed by atoms with Crippen molar-refractivity contribution in [1.82, 2.24) is 10.2 Å². The fourth-order valence-corrected chi connectivity index (χ4v) is 6.71. The smallest absolute Gasteiger partial charge is 0.264 e. The molecule has 0 aromatic heterocycles. The van der Waals surface area contributed by atoms with Crippen molar-refractivity contribution in [3.63, 3.8) is 0 Å². The summed E-state index contributed by atoms with van der Waals surface area (Å²) in [5, 5.41) is 3.25. The van der Waals surface area contributed by atoms with Crippen molar-refractivity contribution in [3.8, 4) is 0 Å². The van der Waals surface area contributed by atoms with Crippen LogP contribution in [0.2, 0.25) is 5.02 Å². The number of sulfonamides is 1. The lowest BCUT2D eigenvalue weighted by Gasteiger charge is -2.34. The Labute approximate surface area is 265 Å². The number of amides is 2. The molecule has 0 aliphatic heterocycles. The van der Waals surface area contributed by atoms with Crippen LogP contribution >= 0.6 is 11.6 Å². The third-order valence-corrected chi connectivity index (χ3v) is 9.64. The fraction of sp³-hybridized carbons (Fsp3) is 0.257. The summed E-state index contributed by atoms with van der Waals surface area (Å²) in [6.45, 7) is 7.33. The second-order valence-electron chi connectivity index (χ2n) is 10.8. The van der Waals surface area contributed by atoms with Crippen LogP contribution in [0.1, 0.15) is 34.7 Å². The number of rotatable bonds is 12.